The van der Waals surface area contributed by atoms with E-state index in [0.29, 0.717) is 18.7 Å². The van der Waals surface area contributed by atoms with Gasteiger partial charge in [0.15, 0.2) is 0 Å². The first kappa shape index (κ1) is 12.1. The molecule has 0 bridgehead atoms. The molecule has 0 aliphatic heterocycles. The molecule has 1 N–H and O–H groups in total. The molecular weight excluding hydrogens is 200 g/mol. The molecule has 0 unspecified atom stereocenters. The van der Waals surface area contributed by atoms with E-state index in [9.17, 15) is 8.78 Å². The summed E-state index contributed by atoms with van der Waals surface area (Å²) in [4.78, 5) is 0. The van der Waals surface area contributed by atoms with Gasteiger partial charge in [0.25, 0.3) is 0 Å². The number of methoxy groups -OCH3 is 1. The van der Waals surface area contributed by atoms with Gasteiger partial charge >= 0.3 is 0 Å². The summed E-state index contributed by atoms with van der Waals surface area (Å²) >= 11 is 0. The summed E-state index contributed by atoms with van der Waals surface area (Å²) < 4.78 is 30.6. The maximum Gasteiger partial charge on any atom is 0.126 e. The first-order valence-corrected chi connectivity index (χ1v) is 4.82. The first-order chi connectivity index (χ1) is 7.13. The number of nitrogens with one attached hydrogen (secondary N) is 1. The van der Waals surface area contributed by atoms with Crippen LogP contribution >= 0.6 is 0 Å². The maximum atomic E-state index is 12.9. The van der Waals surface area contributed by atoms with Gasteiger partial charge < -0.3 is 10.1 Å². The molecule has 0 saturated heterocycles. The first-order valence-electron chi connectivity index (χ1n) is 4.82. The fourth-order valence-electron chi connectivity index (χ4n) is 1.32. The Balaban J connectivity index is 2.60. The third-order valence-electron chi connectivity index (χ3n) is 2.14. The SMILES string of the molecule is COCCN[C@@H](C)c1cc(F)cc(F)c1. The van der Waals surface area contributed by atoms with E-state index in [2.05, 4.69) is 5.32 Å². The minimum absolute atomic E-state index is 0.0923. The van der Waals surface area contributed by atoms with Crippen LogP contribution in [0.3, 0.4) is 0 Å². The van der Waals surface area contributed by atoms with Crippen molar-refractivity contribution in [3.05, 3.63) is 35.4 Å². The quantitative estimate of drug-likeness (QED) is 0.761. The van der Waals surface area contributed by atoms with Gasteiger partial charge in [0.05, 0.1) is 6.61 Å². The highest BCUT2D eigenvalue weighted by atomic mass is 19.1. The highest BCUT2D eigenvalue weighted by molar-refractivity contribution is 5.20. The fraction of sp³-hybridized carbons (Fsp3) is 0.455. The van der Waals surface area contributed by atoms with Crippen LogP contribution in [-0.4, -0.2) is 20.3 Å². The summed E-state index contributed by atoms with van der Waals surface area (Å²) in [6.07, 6.45) is 0. The summed E-state index contributed by atoms with van der Waals surface area (Å²) in [5, 5.41) is 3.10. The number of halogens is 2. The van der Waals surface area contributed by atoms with Gasteiger partial charge in [-0.15, -0.1) is 0 Å². The van der Waals surface area contributed by atoms with Crippen molar-refractivity contribution in [3.8, 4) is 0 Å². The Morgan fingerprint density at radius 3 is 2.40 bits per heavy atom. The molecular formula is C11H15F2NO. The highest BCUT2D eigenvalue weighted by Gasteiger charge is 2.07. The zero-order valence-electron chi connectivity index (χ0n) is 8.89. The molecule has 1 atom stereocenters. The van der Waals surface area contributed by atoms with E-state index in [1.165, 1.54) is 12.1 Å². The Kier molecular flexibility index (Phi) is 4.65. The lowest BCUT2D eigenvalue weighted by Crippen LogP contribution is -2.23. The van der Waals surface area contributed by atoms with Crippen LogP contribution in [0.5, 0.6) is 0 Å². The Hall–Kier alpha value is -1.00. The van der Waals surface area contributed by atoms with Crippen LogP contribution in [0.15, 0.2) is 18.2 Å². The van der Waals surface area contributed by atoms with Crippen molar-refractivity contribution in [1.82, 2.24) is 5.32 Å². The summed E-state index contributed by atoms with van der Waals surface area (Å²) in [5.74, 6) is -1.10. The fourth-order valence-corrected chi connectivity index (χ4v) is 1.32. The predicted octanol–water partition coefficient (Wildman–Crippen LogP) is 2.26. The molecule has 15 heavy (non-hydrogen) atoms. The summed E-state index contributed by atoms with van der Waals surface area (Å²) in [5.41, 5.74) is 0.601. The van der Waals surface area contributed by atoms with Crippen molar-refractivity contribution in [2.45, 2.75) is 13.0 Å². The molecule has 0 saturated carbocycles. The molecule has 0 aliphatic carbocycles. The van der Waals surface area contributed by atoms with E-state index in [1.54, 1.807) is 7.11 Å². The van der Waals surface area contributed by atoms with Crippen molar-refractivity contribution < 1.29 is 13.5 Å². The Morgan fingerprint density at radius 2 is 1.87 bits per heavy atom. The van der Waals surface area contributed by atoms with Gasteiger partial charge in [0, 0.05) is 25.8 Å². The molecule has 0 heterocycles. The molecule has 1 aromatic rings. The molecule has 2 nitrogen and oxygen atoms in total. The van der Waals surface area contributed by atoms with Gasteiger partial charge in [-0.05, 0) is 24.6 Å². The number of hydrogen-bond donors (Lipinski definition) is 1. The van der Waals surface area contributed by atoms with Crippen LogP contribution in [0.25, 0.3) is 0 Å². The molecule has 1 aromatic carbocycles. The maximum absolute atomic E-state index is 12.9. The monoisotopic (exact) mass is 215 g/mol. The second-order valence-corrected chi connectivity index (χ2v) is 3.37. The van der Waals surface area contributed by atoms with Gasteiger partial charge in [-0.2, -0.15) is 0 Å². The Bertz CT molecular complexity index is 297. The lowest BCUT2D eigenvalue weighted by atomic mass is 10.1. The predicted molar refractivity (Wildman–Crippen MR) is 54.7 cm³/mol. The highest BCUT2D eigenvalue weighted by Crippen LogP contribution is 2.15. The normalized spacial score (nSPS) is 12.8. The van der Waals surface area contributed by atoms with E-state index in [-0.39, 0.29) is 6.04 Å². The molecule has 0 spiro atoms. The standard InChI is InChI=1S/C11H15F2NO/c1-8(14-3-4-15-2)9-5-10(12)7-11(13)6-9/h5-8,14H,3-4H2,1-2H3/t8-/m0/s1. The molecule has 0 fully saturated rings. The molecule has 84 valence electrons. The van der Waals surface area contributed by atoms with Crippen LogP contribution in [-0.2, 0) is 4.74 Å². The zero-order chi connectivity index (χ0) is 11.3. The lowest BCUT2D eigenvalue weighted by Gasteiger charge is -2.14. The van der Waals surface area contributed by atoms with E-state index >= 15 is 0 Å². The summed E-state index contributed by atoms with van der Waals surface area (Å²) in [6.45, 7) is 3.07. The van der Waals surface area contributed by atoms with Crippen LogP contribution in [0.2, 0.25) is 0 Å². The van der Waals surface area contributed by atoms with Crippen LogP contribution in [0, 0.1) is 11.6 Å². The van der Waals surface area contributed by atoms with Gasteiger partial charge in [0.2, 0.25) is 0 Å². The summed E-state index contributed by atoms with van der Waals surface area (Å²) in [7, 11) is 1.61. The second kappa shape index (κ2) is 5.78. The summed E-state index contributed by atoms with van der Waals surface area (Å²) in [6, 6.07) is 3.43. The average molecular weight is 215 g/mol. The molecule has 0 amide bonds. The third kappa shape index (κ3) is 3.93. The third-order valence-corrected chi connectivity index (χ3v) is 2.14. The van der Waals surface area contributed by atoms with E-state index in [0.717, 1.165) is 6.07 Å². The largest absolute Gasteiger partial charge is 0.383 e. The van der Waals surface area contributed by atoms with Gasteiger partial charge in [-0.3, -0.25) is 0 Å². The van der Waals surface area contributed by atoms with Crippen molar-refractivity contribution in [2.75, 3.05) is 20.3 Å². The molecule has 4 heteroatoms. The number of ether oxygens (including phenoxy) is 1. The van der Waals surface area contributed by atoms with E-state index < -0.39 is 11.6 Å². The smallest absolute Gasteiger partial charge is 0.126 e. The lowest BCUT2D eigenvalue weighted by molar-refractivity contribution is 0.196. The number of hydrogen-bond acceptors (Lipinski definition) is 2. The molecule has 0 radical (unpaired) electrons. The number of rotatable bonds is 5. The van der Waals surface area contributed by atoms with Crippen molar-refractivity contribution in [3.63, 3.8) is 0 Å². The minimum atomic E-state index is -0.551. The topological polar surface area (TPSA) is 21.3 Å². The van der Waals surface area contributed by atoms with Crippen molar-refractivity contribution in [2.24, 2.45) is 0 Å². The molecule has 0 aromatic heterocycles. The second-order valence-electron chi connectivity index (χ2n) is 3.37. The Labute approximate surface area is 88.3 Å². The van der Waals surface area contributed by atoms with Crippen molar-refractivity contribution >= 4 is 0 Å². The minimum Gasteiger partial charge on any atom is -0.383 e. The molecule has 1 rings (SSSR count). The van der Waals surface area contributed by atoms with E-state index in [4.69, 9.17) is 4.74 Å². The van der Waals surface area contributed by atoms with Gasteiger partial charge in [0.1, 0.15) is 11.6 Å². The van der Waals surface area contributed by atoms with Crippen LogP contribution in [0.4, 0.5) is 8.78 Å². The molecule has 0 aliphatic rings. The van der Waals surface area contributed by atoms with Crippen LogP contribution < -0.4 is 5.32 Å². The van der Waals surface area contributed by atoms with Gasteiger partial charge in [-0.25, -0.2) is 8.78 Å². The van der Waals surface area contributed by atoms with Crippen LogP contribution in [0.1, 0.15) is 18.5 Å². The number of benzene rings is 1. The van der Waals surface area contributed by atoms with Crippen molar-refractivity contribution in [1.29, 1.82) is 0 Å². The average Bonchev–Trinajstić information content (AvgIpc) is 2.16. The Morgan fingerprint density at radius 1 is 1.27 bits per heavy atom. The van der Waals surface area contributed by atoms with Gasteiger partial charge in [-0.1, -0.05) is 0 Å². The van der Waals surface area contributed by atoms with E-state index in [1.807, 2.05) is 6.92 Å². The zero-order valence-corrected chi connectivity index (χ0v) is 8.89.